The van der Waals surface area contributed by atoms with Gasteiger partial charge in [-0.3, -0.25) is 14.9 Å². The summed E-state index contributed by atoms with van der Waals surface area (Å²) < 4.78 is 0.627. The van der Waals surface area contributed by atoms with Crippen LogP contribution in [0.4, 0.5) is 5.69 Å². The second-order valence-corrected chi connectivity index (χ2v) is 4.09. The van der Waals surface area contributed by atoms with Crippen molar-refractivity contribution in [2.24, 2.45) is 0 Å². The lowest BCUT2D eigenvalue weighted by molar-refractivity contribution is -0.385. The fourth-order valence-corrected chi connectivity index (χ4v) is 2.40. The van der Waals surface area contributed by atoms with Crippen molar-refractivity contribution >= 4 is 34.1 Å². The Kier molecular flexibility index (Phi) is 3.20. The molecular formula is C9H8INO3. The molecule has 0 saturated carbocycles. The summed E-state index contributed by atoms with van der Waals surface area (Å²) in [5.74, 6) is -0.0678. The van der Waals surface area contributed by atoms with Crippen LogP contribution in [0.2, 0.25) is 0 Å². The highest BCUT2D eigenvalue weighted by molar-refractivity contribution is 14.1. The first-order valence-electron chi connectivity index (χ1n) is 3.89. The van der Waals surface area contributed by atoms with E-state index < -0.39 is 4.92 Å². The van der Waals surface area contributed by atoms with Crippen molar-refractivity contribution in [1.29, 1.82) is 0 Å². The third-order valence-electron chi connectivity index (χ3n) is 1.84. The zero-order valence-corrected chi connectivity index (χ0v) is 9.86. The van der Waals surface area contributed by atoms with E-state index in [0.717, 1.165) is 0 Å². The number of hydrogen-bond donors (Lipinski definition) is 0. The quantitative estimate of drug-likeness (QED) is 0.365. The number of nitrogens with zero attached hydrogens (tertiary/aromatic N) is 1. The summed E-state index contributed by atoms with van der Waals surface area (Å²) in [6, 6.07) is 2.82. The molecule has 0 N–H and O–H groups in total. The first-order valence-corrected chi connectivity index (χ1v) is 4.97. The molecule has 1 aromatic rings. The average Bonchev–Trinajstić information content (AvgIpc) is 2.01. The first kappa shape index (κ1) is 11.1. The van der Waals surface area contributed by atoms with Gasteiger partial charge in [0.05, 0.1) is 4.92 Å². The highest BCUT2D eigenvalue weighted by Crippen LogP contribution is 2.23. The van der Waals surface area contributed by atoms with Gasteiger partial charge in [-0.25, -0.2) is 0 Å². The summed E-state index contributed by atoms with van der Waals surface area (Å²) in [6.45, 7) is 3.15. The zero-order valence-electron chi connectivity index (χ0n) is 7.70. The Morgan fingerprint density at radius 1 is 1.50 bits per heavy atom. The summed E-state index contributed by atoms with van der Waals surface area (Å²) in [6.07, 6.45) is 0. The third-order valence-corrected chi connectivity index (χ3v) is 2.69. The molecule has 0 aliphatic rings. The first-order chi connectivity index (χ1) is 6.43. The fraction of sp³-hybridized carbons (Fsp3) is 0.222. The Bertz CT molecular complexity index is 392. The van der Waals surface area contributed by atoms with Crippen molar-refractivity contribution in [3.05, 3.63) is 36.9 Å². The number of nitro benzene ring substituents is 1. The summed E-state index contributed by atoms with van der Waals surface area (Å²) in [5, 5.41) is 10.5. The predicted molar refractivity (Wildman–Crippen MR) is 60.6 cm³/mol. The van der Waals surface area contributed by atoms with Gasteiger partial charge in [-0.15, -0.1) is 0 Å². The maximum Gasteiger partial charge on any atom is 0.270 e. The molecule has 74 valence electrons. The number of benzene rings is 1. The minimum Gasteiger partial charge on any atom is -0.294 e. The number of halogens is 1. The van der Waals surface area contributed by atoms with Gasteiger partial charge in [0.15, 0.2) is 5.78 Å². The Morgan fingerprint density at radius 2 is 2.07 bits per heavy atom. The smallest absolute Gasteiger partial charge is 0.270 e. The van der Waals surface area contributed by atoms with Gasteiger partial charge in [-0.1, -0.05) is 0 Å². The number of carbonyl (C=O) groups excluding carboxylic acids is 1. The van der Waals surface area contributed by atoms with Crippen molar-refractivity contribution < 1.29 is 9.72 Å². The number of nitro groups is 1. The van der Waals surface area contributed by atoms with Crippen LogP contribution in [0, 0.1) is 20.6 Å². The lowest BCUT2D eigenvalue weighted by atomic mass is 10.1. The molecular weight excluding hydrogens is 297 g/mol. The molecule has 0 fully saturated rings. The number of ketones is 1. The van der Waals surface area contributed by atoms with Crippen LogP contribution in [-0.2, 0) is 0 Å². The molecule has 0 atom stereocenters. The predicted octanol–water partition coefficient (Wildman–Crippen LogP) is 2.71. The Balaban J connectivity index is 3.39. The van der Waals surface area contributed by atoms with Crippen molar-refractivity contribution in [2.45, 2.75) is 13.8 Å². The minimum atomic E-state index is -0.459. The lowest BCUT2D eigenvalue weighted by Gasteiger charge is -2.04. The summed E-state index contributed by atoms with van der Waals surface area (Å²) >= 11 is 1.93. The lowest BCUT2D eigenvalue weighted by Crippen LogP contribution is -2.01. The van der Waals surface area contributed by atoms with Crippen molar-refractivity contribution in [1.82, 2.24) is 0 Å². The van der Waals surface area contributed by atoms with Crippen LogP contribution in [0.25, 0.3) is 0 Å². The van der Waals surface area contributed by atoms with Gasteiger partial charge in [0.25, 0.3) is 5.69 Å². The Hall–Kier alpha value is -0.980. The molecule has 0 bridgehead atoms. The molecule has 4 nitrogen and oxygen atoms in total. The number of aryl methyl sites for hydroxylation is 1. The van der Waals surface area contributed by atoms with Crippen LogP contribution in [0.1, 0.15) is 22.8 Å². The summed E-state index contributed by atoms with van der Waals surface area (Å²) in [5.41, 5.74) is 1.24. The molecule has 0 aromatic heterocycles. The molecule has 14 heavy (non-hydrogen) atoms. The number of hydrogen-bond acceptors (Lipinski definition) is 3. The van der Waals surface area contributed by atoms with E-state index in [1.54, 1.807) is 6.92 Å². The standard InChI is InChI=1S/C9H8INO3/c1-5-3-7(11(13)14)4-8(10)9(5)6(2)12/h3-4H,1-2H3. The molecule has 0 aliphatic carbocycles. The molecule has 0 saturated heterocycles. The fourth-order valence-electron chi connectivity index (χ4n) is 1.28. The van der Waals surface area contributed by atoms with Crippen molar-refractivity contribution in [3.8, 4) is 0 Å². The van der Waals surface area contributed by atoms with E-state index in [9.17, 15) is 14.9 Å². The second-order valence-electron chi connectivity index (χ2n) is 2.93. The van der Waals surface area contributed by atoms with E-state index in [0.29, 0.717) is 14.7 Å². The molecule has 5 heteroatoms. The largest absolute Gasteiger partial charge is 0.294 e. The molecule has 0 aliphatic heterocycles. The highest BCUT2D eigenvalue weighted by Gasteiger charge is 2.15. The van der Waals surface area contributed by atoms with Crippen molar-refractivity contribution in [3.63, 3.8) is 0 Å². The second kappa shape index (κ2) is 4.04. The maximum atomic E-state index is 11.2. The SMILES string of the molecule is CC(=O)c1c(C)cc([N+](=O)[O-])cc1I. The monoisotopic (exact) mass is 305 g/mol. The number of carbonyl (C=O) groups is 1. The van der Waals surface area contributed by atoms with Gasteiger partial charge in [-0.05, 0) is 42.0 Å². The zero-order chi connectivity index (χ0) is 10.9. The van der Waals surface area contributed by atoms with Crippen LogP contribution in [-0.4, -0.2) is 10.7 Å². The Labute approximate surface area is 94.6 Å². The van der Waals surface area contributed by atoms with Gasteiger partial charge in [0.1, 0.15) is 0 Å². The van der Waals surface area contributed by atoms with Crippen LogP contribution in [0.3, 0.4) is 0 Å². The third kappa shape index (κ3) is 2.09. The minimum absolute atomic E-state index is 0.0249. The van der Waals surface area contributed by atoms with Crippen molar-refractivity contribution in [2.75, 3.05) is 0 Å². The average molecular weight is 305 g/mol. The van der Waals surface area contributed by atoms with Crippen LogP contribution in [0.5, 0.6) is 0 Å². The number of rotatable bonds is 2. The van der Waals surface area contributed by atoms with Crippen LogP contribution < -0.4 is 0 Å². The topological polar surface area (TPSA) is 60.2 Å². The van der Waals surface area contributed by atoms with Crippen LogP contribution >= 0.6 is 22.6 Å². The van der Waals surface area contributed by atoms with E-state index in [-0.39, 0.29) is 11.5 Å². The summed E-state index contributed by atoms with van der Waals surface area (Å²) in [4.78, 5) is 21.2. The van der Waals surface area contributed by atoms with Gasteiger partial charge < -0.3 is 0 Å². The molecule has 1 rings (SSSR count). The Morgan fingerprint density at radius 3 is 2.43 bits per heavy atom. The molecule has 0 radical (unpaired) electrons. The molecule has 0 heterocycles. The molecule has 0 unspecified atom stereocenters. The molecule has 0 spiro atoms. The highest BCUT2D eigenvalue weighted by atomic mass is 127. The number of non-ortho nitro benzene ring substituents is 1. The normalized spacial score (nSPS) is 9.93. The molecule has 1 aromatic carbocycles. The maximum absolute atomic E-state index is 11.2. The van der Waals surface area contributed by atoms with Crippen LogP contribution in [0.15, 0.2) is 12.1 Å². The molecule has 0 amide bonds. The van der Waals surface area contributed by atoms with Gasteiger partial charge in [0, 0.05) is 21.3 Å². The van der Waals surface area contributed by atoms with E-state index in [1.807, 2.05) is 22.6 Å². The number of Topliss-reactive ketones (excluding diaryl/α,β-unsaturated/α-hetero) is 1. The summed E-state index contributed by atoms with van der Waals surface area (Å²) in [7, 11) is 0. The van der Waals surface area contributed by atoms with Gasteiger partial charge in [0.2, 0.25) is 0 Å². The van der Waals surface area contributed by atoms with E-state index in [1.165, 1.54) is 19.1 Å². The van der Waals surface area contributed by atoms with E-state index >= 15 is 0 Å². The van der Waals surface area contributed by atoms with Gasteiger partial charge in [-0.2, -0.15) is 0 Å². The van der Waals surface area contributed by atoms with E-state index in [4.69, 9.17) is 0 Å². The van der Waals surface area contributed by atoms with E-state index in [2.05, 4.69) is 0 Å². The van der Waals surface area contributed by atoms with Gasteiger partial charge >= 0.3 is 0 Å².